The molecule has 0 aromatic heterocycles. The van der Waals surface area contributed by atoms with Crippen molar-refractivity contribution in [2.24, 2.45) is 0 Å². The summed E-state index contributed by atoms with van der Waals surface area (Å²) in [6.45, 7) is 0. The van der Waals surface area contributed by atoms with Gasteiger partial charge in [0.15, 0.2) is 0 Å². The Kier molecular flexibility index (Phi) is 63.0. The molecule has 0 spiro atoms. The Morgan fingerprint density at radius 2 is 1.25 bits per heavy atom. The maximum absolute atomic E-state index is 8.25. The molecule has 0 bridgehead atoms. The van der Waals surface area contributed by atoms with Gasteiger partial charge in [-0.15, -0.1) is 0 Å². The molecule has 0 rings (SSSR count). The average Bonchev–Trinajstić information content (AvgIpc) is 1.00. The van der Waals surface area contributed by atoms with E-state index < -0.39 is 0 Å². The topological polar surface area (TPSA) is 17.1 Å². The van der Waals surface area contributed by atoms with E-state index in [-0.39, 0.29) is 89.7 Å². The zero-order chi connectivity index (χ0) is 2.00. The summed E-state index contributed by atoms with van der Waals surface area (Å²) in [6.07, 6.45) is 0. The molecule has 0 unspecified atom stereocenters. The van der Waals surface area contributed by atoms with E-state index in [1.165, 1.54) is 0 Å². The summed E-state index contributed by atoms with van der Waals surface area (Å²) in [6, 6.07) is 0. The first kappa shape index (κ1) is 15.7. The van der Waals surface area contributed by atoms with Gasteiger partial charge >= 0.3 is 72.6 Å². The van der Waals surface area contributed by atoms with Crippen LogP contribution < -0.4 is 0 Å². The van der Waals surface area contributed by atoms with Crippen molar-refractivity contribution in [3.8, 4) is 0 Å². The second-order valence-corrected chi connectivity index (χ2v) is 0. The van der Waals surface area contributed by atoms with E-state index in [1.807, 2.05) is 0 Å². The van der Waals surface area contributed by atoms with E-state index in [4.69, 9.17) is 3.32 Å². The van der Waals surface area contributed by atoms with Gasteiger partial charge in [0.1, 0.15) is 0 Å². The Morgan fingerprint density at radius 3 is 1.25 bits per heavy atom. The Labute approximate surface area is 110 Å². The van der Waals surface area contributed by atoms with Crippen molar-refractivity contribution < 1.29 is 64.6 Å². The molecule has 0 heterocycles. The van der Waals surface area contributed by atoms with Crippen LogP contribution in [0.3, 0.4) is 0 Å². The SMILES string of the molecule is [BaH2].[Nd].[O]=[Ti]. The molecule has 4 heteroatoms. The standard InChI is InChI=1S/Ba.Nd.O.Ti.2H. The van der Waals surface area contributed by atoms with Crippen molar-refractivity contribution in [3.63, 3.8) is 0 Å². The molecule has 0 aliphatic carbocycles. The second-order valence-electron chi connectivity index (χ2n) is 0. The molecule has 0 aromatic carbocycles. The van der Waals surface area contributed by atoms with Crippen molar-refractivity contribution in [1.82, 2.24) is 0 Å². The molecule has 0 saturated heterocycles. The molecule has 1 nitrogen and oxygen atoms in total. The van der Waals surface area contributed by atoms with Gasteiger partial charge in [0.05, 0.1) is 0 Å². The van der Waals surface area contributed by atoms with Crippen LogP contribution in [-0.2, 0) is 23.7 Å². The van der Waals surface area contributed by atoms with Gasteiger partial charge in [-0.25, -0.2) is 0 Å². The third kappa shape index (κ3) is 9.06. The predicted molar refractivity (Wildman–Crippen MR) is 9.23 cm³/mol. The molecule has 4 heavy (non-hydrogen) atoms. The van der Waals surface area contributed by atoms with Gasteiger partial charge in [0.25, 0.3) is 0 Å². The Morgan fingerprint density at radius 1 is 1.25 bits per heavy atom. The first-order chi connectivity index (χ1) is 1.00. The molecule has 0 saturated carbocycles. The summed E-state index contributed by atoms with van der Waals surface area (Å²) in [4.78, 5) is 0. The molecular weight excluding hydrogens is 345 g/mol. The third-order valence-corrected chi connectivity index (χ3v) is 0. The molecule has 0 fully saturated rings. The predicted octanol–water partition coefficient (Wildman–Crippen LogP) is -1.04. The summed E-state index contributed by atoms with van der Waals surface area (Å²) in [7, 11) is 0. The third-order valence-electron chi connectivity index (χ3n) is 0. The summed E-state index contributed by atoms with van der Waals surface area (Å²) in [5, 5.41) is 0. The van der Waals surface area contributed by atoms with Gasteiger partial charge in [-0.1, -0.05) is 0 Å². The van der Waals surface area contributed by atoms with E-state index in [2.05, 4.69) is 0 Å². The Balaban J connectivity index is -0.00000000500. The average molecular weight is 347 g/mol. The zero-order valence-electron chi connectivity index (χ0n) is 1.41. The van der Waals surface area contributed by atoms with Crippen LogP contribution in [0.15, 0.2) is 0 Å². The van der Waals surface area contributed by atoms with Gasteiger partial charge in [-0.05, 0) is 0 Å². The number of hydrogen-bond acceptors (Lipinski definition) is 1. The fourth-order valence-corrected chi connectivity index (χ4v) is 0. The summed E-state index contributed by atoms with van der Waals surface area (Å²) >= 11 is 0.750. The van der Waals surface area contributed by atoms with Crippen molar-refractivity contribution in [2.75, 3.05) is 0 Å². The van der Waals surface area contributed by atoms with E-state index in [1.54, 1.807) is 0 Å². The van der Waals surface area contributed by atoms with Crippen molar-refractivity contribution >= 4 is 48.9 Å². The Hall–Kier alpha value is 3.44. The molecule has 0 atom stereocenters. The maximum atomic E-state index is 8.25. The number of rotatable bonds is 0. The molecule has 18 valence electrons. The first-order valence-corrected chi connectivity index (χ1v) is 0.842. The second kappa shape index (κ2) is 16.1. The van der Waals surface area contributed by atoms with Gasteiger partial charge in [-0.2, -0.15) is 0 Å². The van der Waals surface area contributed by atoms with Gasteiger partial charge in [0.2, 0.25) is 0 Å². The van der Waals surface area contributed by atoms with Gasteiger partial charge in [0, 0.05) is 40.8 Å². The fraction of sp³-hybridized carbons (Fsp3) is 0. The van der Waals surface area contributed by atoms with E-state index >= 15 is 0 Å². The van der Waals surface area contributed by atoms with Crippen LogP contribution in [0.1, 0.15) is 0 Å². The molecule has 0 N–H and O–H groups in total. The quantitative estimate of drug-likeness (QED) is 0.512. The molecule has 0 amide bonds. The van der Waals surface area contributed by atoms with E-state index in [0.717, 1.165) is 20.4 Å². The van der Waals surface area contributed by atoms with Crippen LogP contribution in [0.25, 0.3) is 0 Å². The zero-order valence-corrected chi connectivity index (χ0v) is 6.18. The first-order valence-electron chi connectivity index (χ1n) is 0.204. The van der Waals surface area contributed by atoms with Crippen LogP contribution in [0.2, 0.25) is 0 Å². The van der Waals surface area contributed by atoms with Crippen molar-refractivity contribution in [1.29, 1.82) is 0 Å². The molecule has 0 aromatic rings. The Bertz CT molecular complexity index is 8.00. The van der Waals surface area contributed by atoms with Crippen LogP contribution in [0.4, 0.5) is 0 Å². The molecule has 0 radical (unpaired) electrons. The normalized spacial score (nSPS) is 0.750. The molecule has 0 aliphatic heterocycles. The van der Waals surface area contributed by atoms with Crippen LogP contribution >= 0.6 is 0 Å². The van der Waals surface area contributed by atoms with Crippen LogP contribution in [0.5, 0.6) is 0 Å². The molecule has 0 aliphatic rings. The summed E-state index contributed by atoms with van der Waals surface area (Å²) in [5.74, 6) is 0. The van der Waals surface area contributed by atoms with Crippen molar-refractivity contribution in [2.45, 2.75) is 0 Å². The van der Waals surface area contributed by atoms with Crippen LogP contribution in [-0.4, -0.2) is 48.9 Å². The molecular formula is H2BaNdOTi. The summed E-state index contributed by atoms with van der Waals surface area (Å²) in [5.41, 5.74) is 0. The van der Waals surface area contributed by atoms with Gasteiger partial charge in [-0.3, -0.25) is 0 Å². The summed E-state index contributed by atoms with van der Waals surface area (Å²) < 4.78 is 8.25. The number of hydrogen-bond donors (Lipinski definition) is 0. The monoisotopic (exact) mass is 346 g/mol. The fourth-order valence-electron chi connectivity index (χ4n) is 0. The minimum absolute atomic E-state index is 0. The van der Waals surface area contributed by atoms with Crippen molar-refractivity contribution in [3.05, 3.63) is 0 Å². The van der Waals surface area contributed by atoms with Gasteiger partial charge < -0.3 is 0 Å². The van der Waals surface area contributed by atoms with E-state index in [9.17, 15) is 0 Å². The van der Waals surface area contributed by atoms with Crippen LogP contribution in [0, 0.1) is 40.8 Å². The minimum atomic E-state index is 0. The van der Waals surface area contributed by atoms with E-state index in [0.29, 0.717) is 0 Å².